The highest BCUT2D eigenvalue weighted by molar-refractivity contribution is 5.57. The van der Waals surface area contributed by atoms with Gasteiger partial charge in [0.15, 0.2) is 0 Å². The van der Waals surface area contributed by atoms with Gasteiger partial charge in [-0.3, -0.25) is 0 Å². The molecule has 23 heavy (non-hydrogen) atoms. The molecule has 0 saturated carbocycles. The van der Waals surface area contributed by atoms with Crippen molar-refractivity contribution in [3.8, 4) is 11.5 Å². The van der Waals surface area contributed by atoms with Crippen molar-refractivity contribution in [3.63, 3.8) is 0 Å². The summed E-state index contributed by atoms with van der Waals surface area (Å²) in [5.74, 6) is 2.19. The average Bonchev–Trinajstić information content (AvgIpc) is 2.52. The summed E-state index contributed by atoms with van der Waals surface area (Å²) in [6.45, 7) is 8.67. The number of rotatable bonds is 4. The molecule has 1 N–H and O–H groups in total. The van der Waals surface area contributed by atoms with E-state index in [1.165, 1.54) is 30.4 Å². The van der Waals surface area contributed by atoms with Gasteiger partial charge in [-0.05, 0) is 63.6 Å². The van der Waals surface area contributed by atoms with Crippen molar-refractivity contribution in [2.45, 2.75) is 78.2 Å². The normalized spacial score (nSPS) is 26.1. The summed E-state index contributed by atoms with van der Waals surface area (Å²) in [6, 6.07) is 2.20. The predicted octanol–water partition coefficient (Wildman–Crippen LogP) is 5.65. The van der Waals surface area contributed by atoms with Crippen molar-refractivity contribution in [2.75, 3.05) is 0 Å². The van der Waals surface area contributed by atoms with Crippen LogP contribution < -0.4 is 4.74 Å². The lowest BCUT2D eigenvalue weighted by atomic mass is 9.72. The Morgan fingerprint density at radius 3 is 2.78 bits per heavy atom. The predicted molar refractivity (Wildman–Crippen MR) is 95.4 cm³/mol. The van der Waals surface area contributed by atoms with E-state index in [4.69, 9.17) is 4.74 Å². The highest BCUT2D eigenvalue weighted by atomic mass is 16.5. The van der Waals surface area contributed by atoms with Gasteiger partial charge in [0.05, 0.1) is 6.10 Å². The fourth-order valence-electron chi connectivity index (χ4n) is 4.26. The van der Waals surface area contributed by atoms with E-state index >= 15 is 0 Å². The summed E-state index contributed by atoms with van der Waals surface area (Å²) in [7, 11) is 0. The molecule has 0 amide bonds. The molecule has 2 nitrogen and oxygen atoms in total. The van der Waals surface area contributed by atoms with Gasteiger partial charge in [0, 0.05) is 17.4 Å². The van der Waals surface area contributed by atoms with Gasteiger partial charge in [0.2, 0.25) is 0 Å². The largest absolute Gasteiger partial charge is 0.507 e. The van der Waals surface area contributed by atoms with Gasteiger partial charge in [-0.25, -0.2) is 0 Å². The molecule has 2 heteroatoms. The standard InChI is InChI=1S/C21H30O2/c1-5-6-7-8-16-12-19-20(21(22)14(16)3)18-11-13(2)9-10-17(18)15(4)23-19/h11-12,15,17-18,22H,5-10H2,1-4H3/t15?,17-,18+/m0/s1. The van der Waals surface area contributed by atoms with E-state index in [0.717, 1.165) is 36.1 Å². The minimum Gasteiger partial charge on any atom is -0.507 e. The van der Waals surface area contributed by atoms with Crippen LogP contribution in [0.5, 0.6) is 11.5 Å². The molecule has 1 aromatic carbocycles. The van der Waals surface area contributed by atoms with Crippen LogP contribution in [0.4, 0.5) is 0 Å². The molecule has 2 aliphatic rings. The number of allylic oxidation sites excluding steroid dienone is 2. The lowest BCUT2D eigenvalue weighted by molar-refractivity contribution is 0.107. The zero-order valence-corrected chi connectivity index (χ0v) is 15.0. The zero-order chi connectivity index (χ0) is 16.6. The number of fused-ring (bicyclic) bond motifs is 3. The third-order valence-corrected chi connectivity index (χ3v) is 5.76. The zero-order valence-electron chi connectivity index (χ0n) is 15.0. The maximum Gasteiger partial charge on any atom is 0.127 e. The number of aryl methyl sites for hydroxylation is 1. The molecule has 1 aliphatic heterocycles. The van der Waals surface area contributed by atoms with E-state index in [1.807, 2.05) is 0 Å². The second kappa shape index (κ2) is 6.59. The number of aromatic hydroxyl groups is 1. The number of unbranched alkanes of at least 4 members (excludes halogenated alkanes) is 2. The van der Waals surface area contributed by atoms with Crippen molar-refractivity contribution in [1.82, 2.24) is 0 Å². The summed E-state index contributed by atoms with van der Waals surface area (Å²) >= 11 is 0. The Kier molecular flexibility index (Phi) is 4.70. The molecule has 0 saturated heterocycles. The van der Waals surface area contributed by atoms with E-state index in [1.54, 1.807) is 0 Å². The van der Waals surface area contributed by atoms with Crippen LogP contribution in [0.15, 0.2) is 17.7 Å². The van der Waals surface area contributed by atoms with Gasteiger partial charge in [0.25, 0.3) is 0 Å². The Labute approximate surface area is 140 Å². The summed E-state index contributed by atoms with van der Waals surface area (Å²) in [5.41, 5.74) is 4.77. The summed E-state index contributed by atoms with van der Waals surface area (Å²) < 4.78 is 6.23. The molecule has 1 heterocycles. The first-order valence-electron chi connectivity index (χ1n) is 9.22. The molecular formula is C21H30O2. The van der Waals surface area contributed by atoms with Crippen LogP contribution in [0, 0.1) is 12.8 Å². The number of benzene rings is 1. The van der Waals surface area contributed by atoms with Crippen LogP contribution >= 0.6 is 0 Å². The topological polar surface area (TPSA) is 29.5 Å². The monoisotopic (exact) mass is 314 g/mol. The summed E-state index contributed by atoms with van der Waals surface area (Å²) in [4.78, 5) is 0. The fourth-order valence-corrected chi connectivity index (χ4v) is 4.26. The van der Waals surface area contributed by atoms with Gasteiger partial charge < -0.3 is 9.84 Å². The van der Waals surface area contributed by atoms with Gasteiger partial charge in [-0.1, -0.05) is 31.4 Å². The highest BCUT2D eigenvalue weighted by Crippen LogP contribution is 2.51. The average molecular weight is 314 g/mol. The first-order valence-corrected chi connectivity index (χ1v) is 9.22. The number of hydrogen-bond acceptors (Lipinski definition) is 2. The fraction of sp³-hybridized carbons (Fsp3) is 0.619. The Balaban J connectivity index is 2.01. The minimum atomic E-state index is 0.224. The Morgan fingerprint density at radius 1 is 1.26 bits per heavy atom. The maximum atomic E-state index is 10.9. The van der Waals surface area contributed by atoms with E-state index in [0.29, 0.717) is 17.6 Å². The second-order valence-corrected chi connectivity index (χ2v) is 7.44. The van der Waals surface area contributed by atoms with Crippen molar-refractivity contribution >= 4 is 0 Å². The molecule has 126 valence electrons. The first kappa shape index (κ1) is 16.4. The van der Waals surface area contributed by atoms with Gasteiger partial charge >= 0.3 is 0 Å². The summed E-state index contributed by atoms with van der Waals surface area (Å²) in [5, 5.41) is 10.9. The van der Waals surface area contributed by atoms with Crippen LogP contribution in [-0.4, -0.2) is 11.2 Å². The van der Waals surface area contributed by atoms with Crippen LogP contribution in [0.2, 0.25) is 0 Å². The maximum absolute atomic E-state index is 10.9. The lowest BCUT2D eigenvalue weighted by Crippen LogP contribution is -2.35. The van der Waals surface area contributed by atoms with Crippen LogP contribution in [0.1, 0.15) is 75.5 Å². The van der Waals surface area contributed by atoms with Gasteiger partial charge in [-0.2, -0.15) is 0 Å². The Morgan fingerprint density at radius 2 is 2.04 bits per heavy atom. The molecule has 0 aromatic heterocycles. The number of hydrogen-bond donors (Lipinski definition) is 1. The van der Waals surface area contributed by atoms with E-state index in [2.05, 4.69) is 39.8 Å². The molecule has 1 aliphatic carbocycles. The Bertz CT molecular complexity index is 615. The number of phenols is 1. The number of ether oxygens (including phenoxy) is 1. The molecule has 3 rings (SSSR count). The van der Waals surface area contributed by atoms with E-state index < -0.39 is 0 Å². The van der Waals surface area contributed by atoms with Crippen molar-refractivity contribution in [1.29, 1.82) is 0 Å². The molecular weight excluding hydrogens is 284 g/mol. The van der Waals surface area contributed by atoms with E-state index in [9.17, 15) is 5.11 Å². The summed E-state index contributed by atoms with van der Waals surface area (Å²) in [6.07, 6.45) is 9.56. The van der Waals surface area contributed by atoms with E-state index in [-0.39, 0.29) is 6.10 Å². The van der Waals surface area contributed by atoms with Gasteiger partial charge in [-0.15, -0.1) is 0 Å². The molecule has 0 spiro atoms. The third kappa shape index (κ3) is 3.00. The smallest absolute Gasteiger partial charge is 0.127 e. The van der Waals surface area contributed by atoms with Crippen molar-refractivity contribution in [2.24, 2.45) is 5.92 Å². The third-order valence-electron chi connectivity index (χ3n) is 5.76. The van der Waals surface area contributed by atoms with Gasteiger partial charge in [0.1, 0.15) is 11.5 Å². The Hall–Kier alpha value is -1.44. The second-order valence-electron chi connectivity index (χ2n) is 7.44. The molecule has 0 fully saturated rings. The lowest BCUT2D eigenvalue weighted by Gasteiger charge is -2.40. The molecule has 1 unspecified atom stereocenters. The number of phenolic OH excluding ortho intramolecular Hbond substituents is 1. The molecule has 0 radical (unpaired) electrons. The first-order chi connectivity index (χ1) is 11.0. The SMILES string of the molecule is CCCCCc1cc2c(c(O)c1C)[C@@H]1C=C(C)CC[C@H]1C(C)O2. The van der Waals surface area contributed by atoms with Crippen LogP contribution in [0.25, 0.3) is 0 Å². The minimum absolute atomic E-state index is 0.224. The van der Waals surface area contributed by atoms with Crippen LogP contribution in [0.3, 0.4) is 0 Å². The van der Waals surface area contributed by atoms with Crippen molar-refractivity contribution < 1.29 is 9.84 Å². The highest BCUT2D eigenvalue weighted by Gasteiger charge is 2.39. The molecule has 1 aromatic rings. The molecule has 0 bridgehead atoms. The van der Waals surface area contributed by atoms with Crippen LogP contribution in [-0.2, 0) is 6.42 Å². The molecule has 3 atom stereocenters. The van der Waals surface area contributed by atoms with Crippen molar-refractivity contribution in [3.05, 3.63) is 34.4 Å². The quantitative estimate of drug-likeness (QED) is 0.574.